The van der Waals surface area contributed by atoms with Crippen LogP contribution in [0, 0.1) is 11.3 Å². The highest BCUT2D eigenvalue weighted by molar-refractivity contribution is 6.32. The van der Waals surface area contributed by atoms with Crippen molar-refractivity contribution in [1.82, 2.24) is 4.98 Å². The number of nitrogens with two attached hydrogens (primary N) is 1. The molecule has 80 valence electrons. The van der Waals surface area contributed by atoms with E-state index in [1.54, 1.807) is 6.07 Å². The Hall–Kier alpha value is -1.25. The van der Waals surface area contributed by atoms with Gasteiger partial charge in [-0.3, -0.25) is 4.98 Å². The van der Waals surface area contributed by atoms with Gasteiger partial charge in [0.2, 0.25) is 0 Å². The highest BCUT2D eigenvalue weighted by atomic mass is 35.5. The Morgan fingerprint density at radius 3 is 2.73 bits per heavy atom. The summed E-state index contributed by atoms with van der Waals surface area (Å²) < 4.78 is 25.0. The third kappa shape index (κ3) is 2.41. The van der Waals surface area contributed by atoms with Gasteiger partial charge in [-0.1, -0.05) is 11.6 Å². The van der Waals surface area contributed by atoms with Crippen molar-refractivity contribution in [3.8, 4) is 6.07 Å². The van der Waals surface area contributed by atoms with Gasteiger partial charge in [-0.25, -0.2) is 8.78 Å². The van der Waals surface area contributed by atoms with Gasteiger partial charge in [-0.15, -0.1) is 0 Å². The lowest BCUT2D eigenvalue weighted by Crippen LogP contribution is -2.05. The van der Waals surface area contributed by atoms with E-state index in [9.17, 15) is 8.78 Å². The lowest BCUT2D eigenvalue weighted by Gasteiger charge is -2.10. The normalized spacial score (nSPS) is 10.4. The molecule has 1 heterocycles. The second kappa shape index (κ2) is 5.01. The fourth-order valence-corrected chi connectivity index (χ4v) is 1.46. The van der Waals surface area contributed by atoms with Gasteiger partial charge in [-0.05, 0) is 0 Å². The van der Waals surface area contributed by atoms with E-state index in [0.29, 0.717) is 5.56 Å². The number of nitrogens with zero attached hydrogens (tertiary/aromatic N) is 2. The SMILES string of the molecule is N#CCc1c(C(F)F)ncc(CN)c1Cl. The smallest absolute Gasteiger partial charge is 0.280 e. The molecule has 0 saturated carbocycles. The highest BCUT2D eigenvalue weighted by Crippen LogP contribution is 2.29. The van der Waals surface area contributed by atoms with Crippen molar-refractivity contribution in [1.29, 1.82) is 5.26 Å². The molecule has 0 atom stereocenters. The van der Waals surface area contributed by atoms with Crippen molar-refractivity contribution in [3.05, 3.63) is 28.0 Å². The van der Waals surface area contributed by atoms with E-state index < -0.39 is 12.1 Å². The minimum Gasteiger partial charge on any atom is -0.326 e. The van der Waals surface area contributed by atoms with Crippen molar-refractivity contribution in [2.24, 2.45) is 5.73 Å². The fourth-order valence-electron chi connectivity index (χ4n) is 1.17. The van der Waals surface area contributed by atoms with E-state index in [2.05, 4.69) is 4.98 Å². The minimum absolute atomic E-state index is 0.0668. The number of pyridine rings is 1. The van der Waals surface area contributed by atoms with Crippen LogP contribution in [0.2, 0.25) is 5.02 Å². The maximum Gasteiger partial charge on any atom is 0.280 e. The van der Waals surface area contributed by atoms with E-state index in [-0.39, 0.29) is 23.6 Å². The summed E-state index contributed by atoms with van der Waals surface area (Å²) in [4.78, 5) is 3.56. The molecule has 0 fully saturated rings. The van der Waals surface area contributed by atoms with Crippen LogP contribution in [0.4, 0.5) is 8.78 Å². The predicted octanol–water partition coefficient (Wildman–Crippen LogP) is 2.20. The van der Waals surface area contributed by atoms with Crippen LogP contribution in [0.1, 0.15) is 23.2 Å². The van der Waals surface area contributed by atoms with Crippen molar-refractivity contribution >= 4 is 11.6 Å². The molecule has 1 rings (SSSR count). The van der Waals surface area contributed by atoms with Gasteiger partial charge in [0.1, 0.15) is 5.69 Å². The summed E-state index contributed by atoms with van der Waals surface area (Å²) in [5.74, 6) is 0. The van der Waals surface area contributed by atoms with Crippen molar-refractivity contribution in [2.45, 2.75) is 19.4 Å². The fraction of sp³-hybridized carbons (Fsp3) is 0.333. The Balaban J connectivity index is 3.32. The quantitative estimate of drug-likeness (QED) is 0.867. The zero-order valence-electron chi connectivity index (χ0n) is 7.67. The van der Waals surface area contributed by atoms with E-state index in [1.165, 1.54) is 6.20 Å². The summed E-state index contributed by atoms with van der Waals surface area (Å²) in [6, 6.07) is 1.77. The number of nitriles is 1. The Kier molecular flexibility index (Phi) is 3.95. The first-order valence-corrected chi connectivity index (χ1v) is 4.51. The summed E-state index contributed by atoms with van der Waals surface area (Å²) >= 11 is 5.83. The number of halogens is 3. The highest BCUT2D eigenvalue weighted by Gasteiger charge is 2.19. The predicted molar refractivity (Wildman–Crippen MR) is 51.4 cm³/mol. The van der Waals surface area contributed by atoms with Crippen LogP contribution in [0.3, 0.4) is 0 Å². The molecule has 0 aliphatic rings. The van der Waals surface area contributed by atoms with Gasteiger partial charge in [0.25, 0.3) is 6.43 Å². The number of hydrogen-bond donors (Lipinski definition) is 1. The number of aromatic nitrogens is 1. The zero-order valence-corrected chi connectivity index (χ0v) is 8.43. The molecule has 15 heavy (non-hydrogen) atoms. The van der Waals surface area contributed by atoms with Crippen LogP contribution in [-0.2, 0) is 13.0 Å². The molecule has 0 unspecified atom stereocenters. The van der Waals surface area contributed by atoms with Gasteiger partial charge >= 0.3 is 0 Å². The van der Waals surface area contributed by atoms with Crippen LogP contribution in [-0.4, -0.2) is 4.98 Å². The first-order chi connectivity index (χ1) is 7.11. The first kappa shape index (κ1) is 11.8. The monoisotopic (exact) mass is 231 g/mol. The molecular weight excluding hydrogens is 224 g/mol. The second-order valence-corrected chi connectivity index (χ2v) is 3.18. The molecule has 3 nitrogen and oxygen atoms in total. The van der Waals surface area contributed by atoms with E-state index >= 15 is 0 Å². The molecule has 0 bridgehead atoms. The number of alkyl halides is 2. The third-order valence-electron chi connectivity index (χ3n) is 1.90. The van der Waals surface area contributed by atoms with Crippen LogP contribution >= 0.6 is 11.6 Å². The number of rotatable bonds is 3. The summed E-state index contributed by atoms with van der Waals surface area (Å²) in [5.41, 5.74) is 5.43. The molecule has 0 aromatic carbocycles. The van der Waals surface area contributed by atoms with Crippen molar-refractivity contribution in [3.63, 3.8) is 0 Å². The van der Waals surface area contributed by atoms with Gasteiger partial charge < -0.3 is 5.73 Å². The Labute approximate surface area is 90.5 Å². The maximum absolute atomic E-state index is 12.5. The summed E-state index contributed by atoms with van der Waals surface area (Å²) in [6.07, 6.45) is -1.72. The molecule has 1 aromatic rings. The number of hydrogen-bond acceptors (Lipinski definition) is 3. The second-order valence-electron chi connectivity index (χ2n) is 2.80. The molecule has 2 N–H and O–H groups in total. The molecule has 6 heteroatoms. The molecule has 0 aliphatic heterocycles. The van der Waals surface area contributed by atoms with E-state index in [0.717, 1.165) is 0 Å². The molecule has 0 spiro atoms. The maximum atomic E-state index is 12.5. The first-order valence-electron chi connectivity index (χ1n) is 4.13. The van der Waals surface area contributed by atoms with Crippen LogP contribution in [0.5, 0.6) is 0 Å². The van der Waals surface area contributed by atoms with Gasteiger partial charge in [0.05, 0.1) is 17.5 Å². The van der Waals surface area contributed by atoms with E-state index in [1.807, 2.05) is 0 Å². The molecule has 0 radical (unpaired) electrons. The van der Waals surface area contributed by atoms with Crippen LogP contribution in [0.25, 0.3) is 0 Å². The lowest BCUT2D eigenvalue weighted by molar-refractivity contribution is 0.145. The van der Waals surface area contributed by atoms with Gasteiger partial charge in [-0.2, -0.15) is 5.26 Å². The Morgan fingerprint density at radius 2 is 2.27 bits per heavy atom. The molecule has 0 aliphatic carbocycles. The average molecular weight is 232 g/mol. The standard InChI is InChI=1S/C9H8ClF2N3/c10-7-5(3-14)4-15-8(9(11)12)6(7)1-2-13/h4,9H,1,3,14H2. The third-order valence-corrected chi connectivity index (χ3v) is 2.37. The zero-order chi connectivity index (χ0) is 11.4. The van der Waals surface area contributed by atoms with Crippen molar-refractivity contribution < 1.29 is 8.78 Å². The van der Waals surface area contributed by atoms with Crippen LogP contribution < -0.4 is 5.73 Å². The largest absolute Gasteiger partial charge is 0.326 e. The molecular formula is C9H8ClF2N3. The molecule has 0 saturated heterocycles. The van der Waals surface area contributed by atoms with Gasteiger partial charge in [0, 0.05) is 23.9 Å². The Morgan fingerprint density at radius 1 is 1.60 bits per heavy atom. The lowest BCUT2D eigenvalue weighted by atomic mass is 10.1. The van der Waals surface area contributed by atoms with Crippen LogP contribution in [0.15, 0.2) is 6.20 Å². The molecule has 1 aromatic heterocycles. The Bertz CT molecular complexity index is 401. The summed E-state index contributed by atoms with van der Waals surface area (Å²) in [7, 11) is 0. The minimum atomic E-state index is -2.74. The topological polar surface area (TPSA) is 62.7 Å². The van der Waals surface area contributed by atoms with Crippen molar-refractivity contribution in [2.75, 3.05) is 0 Å². The summed E-state index contributed by atoms with van der Waals surface area (Å²) in [6.45, 7) is 0.105. The molecule has 0 amide bonds. The van der Waals surface area contributed by atoms with E-state index in [4.69, 9.17) is 22.6 Å². The average Bonchev–Trinajstić information content (AvgIpc) is 2.20. The summed E-state index contributed by atoms with van der Waals surface area (Å²) in [5, 5.41) is 8.62. The van der Waals surface area contributed by atoms with Gasteiger partial charge in [0.15, 0.2) is 0 Å².